The van der Waals surface area contributed by atoms with Crippen LogP contribution in [-0.4, -0.2) is 51.9 Å². The fourth-order valence-corrected chi connectivity index (χ4v) is 3.01. The number of piperazine rings is 1. The highest BCUT2D eigenvalue weighted by Crippen LogP contribution is 2.31. The molecule has 4 rings (SSSR count). The molecule has 1 atom stereocenters. The second-order valence-electron chi connectivity index (χ2n) is 6.82. The molecule has 0 bridgehead atoms. The quantitative estimate of drug-likeness (QED) is 0.764. The average molecular weight is 354 g/mol. The molecule has 1 aromatic carbocycles. The van der Waals surface area contributed by atoms with Gasteiger partial charge >= 0.3 is 0 Å². The average Bonchev–Trinajstić information content (AvgIpc) is 3.32. The number of nitrogens with one attached hydrogen (secondary N) is 1. The van der Waals surface area contributed by atoms with Crippen LogP contribution in [0, 0.1) is 0 Å². The summed E-state index contributed by atoms with van der Waals surface area (Å²) in [5.74, 6) is 2.47. The largest absolute Gasteiger partial charge is 0.334 e. The summed E-state index contributed by atoms with van der Waals surface area (Å²) in [6, 6.07) is 7.80. The molecule has 1 saturated heterocycles. The minimum atomic E-state index is 0.101. The van der Waals surface area contributed by atoms with E-state index in [1.165, 1.54) is 0 Å². The van der Waals surface area contributed by atoms with Crippen molar-refractivity contribution in [3.8, 4) is 22.9 Å². The molecule has 3 heterocycles. The van der Waals surface area contributed by atoms with Crippen LogP contribution in [0.5, 0.6) is 0 Å². The zero-order valence-electron chi connectivity index (χ0n) is 15.1. The first-order chi connectivity index (χ1) is 12.6. The highest BCUT2D eigenvalue weighted by Gasteiger charge is 2.26. The first kappa shape index (κ1) is 16.9. The molecule has 8 nitrogen and oxygen atoms in total. The maximum Gasteiger partial charge on any atom is 0.258 e. The third kappa shape index (κ3) is 3.13. The van der Waals surface area contributed by atoms with Gasteiger partial charge in [0.05, 0.1) is 17.2 Å². The predicted octanol–water partition coefficient (Wildman–Crippen LogP) is 2.49. The molecule has 26 heavy (non-hydrogen) atoms. The van der Waals surface area contributed by atoms with Crippen LogP contribution in [-0.2, 0) is 0 Å². The lowest BCUT2D eigenvalue weighted by Gasteiger charge is -2.30. The molecule has 3 aromatic rings. The highest BCUT2D eigenvalue weighted by molar-refractivity contribution is 5.75. The van der Waals surface area contributed by atoms with Gasteiger partial charge in [0.15, 0.2) is 11.6 Å². The van der Waals surface area contributed by atoms with Gasteiger partial charge in [0.1, 0.15) is 0 Å². The van der Waals surface area contributed by atoms with Crippen molar-refractivity contribution in [3.05, 3.63) is 35.9 Å². The first-order valence-corrected chi connectivity index (χ1v) is 8.81. The lowest BCUT2D eigenvalue weighted by Crippen LogP contribution is -2.44. The molecule has 2 aromatic heterocycles. The second kappa shape index (κ2) is 6.97. The number of nitrogens with zero attached hydrogens (tertiary/aromatic N) is 5. The molecule has 1 N–H and O–H groups in total. The number of hydrogen-bond donors (Lipinski definition) is 1. The van der Waals surface area contributed by atoms with Gasteiger partial charge in [-0.1, -0.05) is 36.3 Å². The van der Waals surface area contributed by atoms with Gasteiger partial charge in [-0.15, -0.1) is 0 Å². The van der Waals surface area contributed by atoms with Crippen LogP contribution in [0.1, 0.15) is 37.5 Å². The second-order valence-corrected chi connectivity index (χ2v) is 6.82. The van der Waals surface area contributed by atoms with Crippen molar-refractivity contribution in [1.29, 1.82) is 0 Å². The van der Waals surface area contributed by atoms with E-state index in [1.807, 2.05) is 38.1 Å². The molecule has 8 heteroatoms. The summed E-state index contributed by atoms with van der Waals surface area (Å²) in [6.45, 7) is 6.78. The van der Waals surface area contributed by atoms with Crippen molar-refractivity contribution >= 4 is 0 Å². The molecule has 0 radical (unpaired) electrons. The van der Waals surface area contributed by atoms with E-state index in [-0.39, 0.29) is 12.0 Å². The number of aromatic nitrogens is 4. The third-order valence-corrected chi connectivity index (χ3v) is 4.60. The van der Waals surface area contributed by atoms with E-state index in [4.69, 9.17) is 9.05 Å². The molecule has 1 fully saturated rings. The van der Waals surface area contributed by atoms with E-state index in [1.54, 1.807) is 0 Å². The summed E-state index contributed by atoms with van der Waals surface area (Å²) in [6.07, 6.45) is 0. The topological polar surface area (TPSA) is 93.1 Å². The maximum absolute atomic E-state index is 5.56. The summed E-state index contributed by atoms with van der Waals surface area (Å²) >= 11 is 0. The molecule has 0 spiro atoms. The van der Waals surface area contributed by atoms with Crippen LogP contribution in [0.3, 0.4) is 0 Å². The normalized spacial score (nSPS) is 18.5. The zero-order chi connectivity index (χ0) is 18.1. The summed E-state index contributed by atoms with van der Waals surface area (Å²) < 4.78 is 11.0. The Bertz CT molecular complexity index is 887. The Labute approximate surface area is 151 Å². The number of benzene rings is 1. The number of likely N-dealkylation sites (N-methyl/N-ethyl adjacent to an activating group) is 1. The smallest absolute Gasteiger partial charge is 0.258 e. The van der Waals surface area contributed by atoms with Gasteiger partial charge in [-0.25, -0.2) is 0 Å². The molecule has 0 saturated carbocycles. The number of hydrogen-bond acceptors (Lipinski definition) is 8. The van der Waals surface area contributed by atoms with Crippen LogP contribution in [0.4, 0.5) is 0 Å². The monoisotopic (exact) mass is 354 g/mol. The van der Waals surface area contributed by atoms with Crippen molar-refractivity contribution in [2.75, 3.05) is 26.7 Å². The predicted molar refractivity (Wildman–Crippen MR) is 95.4 cm³/mol. The summed E-state index contributed by atoms with van der Waals surface area (Å²) in [7, 11) is 2.07. The van der Waals surface area contributed by atoms with Crippen LogP contribution in [0.25, 0.3) is 22.9 Å². The fraction of sp³-hybridized carbons (Fsp3) is 0.444. The van der Waals surface area contributed by atoms with E-state index in [0.717, 1.165) is 30.8 Å². The maximum atomic E-state index is 5.56. The van der Waals surface area contributed by atoms with Crippen LogP contribution in [0.15, 0.2) is 33.3 Å². The first-order valence-electron chi connectivity index (χ1n) is 8.81. The van der Waals surface area contributed by atoms with Crippen molar-refractivity contribution < 1.29 is 9.05 Å². The molecule has 136 valence electrons. The van der Waals surface area contributed by atoms with E-state index < -0.39 is 0 Å². The Morgan fingerprint density at radius 3 is 2.42 bits per heavy atom. The van der Waals surface area contributed by atoms with E-state index in [2.05, 4.69) is 37.5 Å². The summed E-state index contributed by atoms with van der Waals surface area (Å²) in [4.78, 5) is 11.3. The Morgan fingerprint density at radius 2 is 1.77 bits per heavy atom. The van der Waals surface area contributed by atoms with Crippen molar-refractivity contribution in [2.45, 2.75) is 25.8 Å². The van der Waals surface area contributed by atoms with Gasteiger partial charge in [-0.05, 0) is 19.2 Å². The SMILES string of the molecule is CC(C)c1noc(-c2ccccc2-c2nc(C3CNCCN3C)no2)n1. The number of rotatable bonds is 4. The van der Waals surface area contributed by atoms with Gasteiger partial charge in [0.2, 0.25) is 0 Å². The zero-order valence-corrected chi connectivity index (χ0v) is 15.1. The minimum Gasteiger partial charge on any atom is -0.334 e. The summed E-state index contributed by atoms with van der Waals surface area (Å²) in [5, 5.41) is 11.6. The van der Waals surface area contributed by atoms with Crippen molar-refractivity contribution in [2.24, 2.45) is 0 Å². The fourth-order valence-electron chi connectivity index (χ4n) is 3.01. The molecule has 1 aliphatic heterocycles. The van der Waals surface area contributed by atoms with Crippen LogP contribution >= 0.6 is 0 Å². The Hall–Kier alpha value is -2.58. The lowest BCUT2D eigenvalue weighted by molar-refractivity contribution is 0.190. The van der Waals surface area contributed by atoms with Gasteiger partial charge in [0.25, 0.3) is 11.8 Å². The van der Waals surface area contributed by atoms with Gasteiger partial charge < -0.3 is 14.4 Å². The molecular formula is C18H22N6O2. The van der Waals surface area contributed by atoms with E-state index in [9.17, 15) is 0 Å². The van der Waals surface area contributed by atoms with Crippen LogP contribution < -0.4 is 5.32 Å². The Morgan fingerprint density at radius 1 is 1.08 bits per heavy atom. The molecule has 1 unspecified atom stereocenters. The molecular weight excluding hydrogens is 332 g/mol. The third-order valence-electron chi connectivity index (χ3n) is 4.60. The molecule has 1 aliphatic rings. The Kier molecular flexibility index (Phi) is 4.52. The standard InChI is InChI=1S/C18H22N6O2/c1-11(2)15-20-17(25-22-15)12-6-4-5-7-13(12)18-21-16(23-26-18)14-10-19-8-9-24(14)3/h4-7,11,14,19H,8-10H2,1-3H3. The van der Waals surface area contributed by atoms with E-state index in [0.29, 0.717) is 23.4 Å². The van der Waals surface area contributed by atoms with Gasteiger partial charge in [0, 0.05) is 25.6 Å². The van der Waals surface area contributed by atoms with Crippen LogP contribution in [0.2, 0.25) is 0 Å². The highest BCUT2D eigenvalue weighted by atomic mass is 16.5. The summed E-state index contributed by atoms with van der Waals surface area (Å²) in [5.41, 5.74) is 1.58. The molecule has 0 amide bonds. The van der Waals surface area contributed by atoms with E-state index >= 15 is 0 Å². The minimum absolute atomic E-state index is 0.101. The Balaban J connectivity index is 1.68. The van der Waals surface area contributed by atoms with Gasteiger partial charge in [-0.3, -0.25) is 4.90 Å². The van der Waals surface area contributed by atoms with Gasteiger partial charge in [-0.2, -0.15) is 9.97 Å². The molecule has 0 aliphatic carbocycles. The lowest BCUT2D eigenvalue weighted by atomic mass is 10.1. The van der Waals surface area contributed by atoms with Crippen molar-refractivity contribution in [1.82, 2.24) is 30.5 Å². The van der Waals surface area contributed by atoms with Crippen molar-refractivity contribution in [3.63, 3.8) is 0 Å².